The second kappa shape index (κ2) is 5.74. The minimum absolute atomic E-state index is 0.204. The highest BCUT2D eigenvalue weighted by Crippen LogP contribution is 2.19. The van der Waals surface area contributed by atoms with Gasteiger partial charge in [0.15, 0.2) is 0 Å². The molecule has 0 aliphatic rings. The van der Waals surface area contributed by atoms with E-state index in [2.05, 4.69) is 46.3 Å². The Hall–Kier alpha value is -2.07. The molecule has 3 rings (SSSR count). The largest absolute Gasteiger partial charge is 0.347 e. The summed E-state index contributed by atoms with van der Waals surface area (Å²) < 4.78 is 4.15. The highest BCUT2D eigenvalue weighted by atomic mass is 15.2. The summed E-state index contributed by atoms with van der Waals surface area (Å²) in [5.41, 5.74) is 9.74. The molecule has 21 heavy (non-hydrogen) atoms. The van der Waals surface area contributed by atoms with Gasteiger partial charge >= 0.3 is 0 Å². The van der Waals surface area contributed by atoms with Crippen LogP contribution in [0.4, 0.5) is 0 Å². The van der Waals surface area contributed by atoms with Crippen molar-refractivity contribution < 1.29 is 0 Å². The monoisotopic (exact) mass is 282 g/mol. The number of hydrogen-bond acceptors (Lipinski definition) is 2. The fourth-order valence-electron chi connectivity index (χ4n) is 2.79. The zero-order valence-corrected chi connectivity index (χ0v) is 12.7. The van der Waals surface area contributed by atoms with Gasteiger partial charge in [0, 0.05) is 37.5 Å². The van der Waals surface area contributed by atoms with E-state index < -0.39 is 0 Å². The van der Waals surface area contributed by atoms with Crippen molar-refractivity contribution in [3.8, 4) is 0 Å². The van der Waals surface area contributed by atoms with E-state index in [1.54, 1.807) is 0 Å². The normalized spacial score (nSPS) is 12.9. The number of rotatable bonds is 5. The molecule has 4 nitrogen and oxygen atoms in total. The van der Waals surface area contributed by atoms with E-state index in [0.29, 0.717) is 0 Å². The Morgan fingerprint density at radius 3 is 2.81 bits per heavy atom. The average molecular weight is 282 g/mol. The minimum Gasteiger partial charge on any atom is -0.347 e. The van der Waals surface area contributed by atoms with E-state index in [1.165, 1.54) is 22.0 Å². The van der Waals surface area contributed by atoms with Gasteiger partial charge in [-0.3, -0.25) is 4.68 Å². The molecular weight excluding hydrogens is 260 g/mol. The molecule has 0 saturated carbocycles. The van der Waals surface area contributed by atoms with Crippen molar-refractivity contribution in [1.29, 1.82) is 0 Å². The van der Waals surface area contributed by atoms with Gasteiger partial charge in [0.2, 0.25) is 0 Å². The maximum atomic E-state index is 5.87. The highest BCUT2D eigenvalue weighted by Gasteiger charge is 2.05. The van der Waals surface area contributed by atoms with E-state index in [9.17, 15) is 0 Å². The lowest BCUT2D eigenvalue weighted by atomic mass is 10.1. The van der Waals surface area contributed by atoms with Crippen LogP contribution in [0.2, 0.25) is 0 Å². The molecule has 0 aliphatic carbocycles. The molecular formula is C17H22N4. The van der Waals surface area contributed by atoms with Crippen molar-refractivity contribution in [2.45, 2.75) is 32.4 Å². The van der Waals surface area contributed by atoms with E-state index in [4.69, 9.17) is 5.73 Å². The molecule has 2 N–H and O–H groups in total. The highest BCUT2D eigenvalue weighted by molar-refractivity contribution is 5.80. The van der Waals surface area contributed by atoms with Crippen LogP contribution in [0.3, 0.4) is 0 Å². The Morgan fingerprint density at radius 1 is 1.24 bits per heavy atom. The van der Waals surface area contributed by atoms with Crippen LogP contribution in [-0.2, 0) is 26.4 Å². The topological polar surface area (TPSA) is 48.8 Å². The molecule has 1 aromatic carbocycles. The van der Waals surface area contributed by atoms with Crippen molar-refractivity contribution in [3.63, 3.8) is 0 Å². The maximum Gasteiger partial charge on any atom is 0.0522 e. The van der Waals surface area contributed by atoms with E-state index >= 15 is 0 Å². The summed E-state index contributed by atoms with van der Waals surface area (Å²) in [6.07, 6.45) is 8.10. The number of aromatic nitrogens is 3. The van der Waals surface area contributed by atoms with E-state index in [0.717, 1.165) is 19.4 Å². The summed E-state index contributed by atoms with van der Waals surface area (Å²) in [5, 5.41) is 5.50. The SMILES string of the molecule is CC(N)Cc1ccc2c(ccn2CCc2cnn(C)c2)c1. The summed E-state index contributed by atoms with van der Waals surface area (Å²) in [6.45, 7) is 3.02. The first kappa shape index (κ1) is 13.9. The summed E-state index contributed by atoms with van der Waals surface area (Å²) >= 11 is 0. The molecule has 0 bridgehead atoms. The first-order valence-corrected chi connectivity index (χ1v) is 7.43. The predicted octanol–water partition coefficient (Wildman–Crippen LogP) is 2.51. The number of hydrogen-bond donors (Lipinski definition) is 1. The van der Waals surface area contributed by atoms with E-state index in [-0.39, 0.29) is 6.04 Å². The smallest absolute Gasteiger partial charge is 0.0522 e. The van der Waals surface area contributed by atoms with Gasteiger partial charge in [-0.05, 0) is 54.5 Å². The second-order valence-electron chi connectivity index (χ2n) is 5.86. The fourth-order valence-corrected chi connectivity index (χ4v) is 2.79. The third-order valence-electron chi connectivity index (χ3n) is 3.79. The average Bonchev–Trinajstić information content (AvgIpc) is 3.01. The minimum atomic E-state index is 0.204. The van der Waals surface area contributed by atoms with Gasteiger partial charge in [-0.1, -0.05) is 6.07 Å². The Labute approximate surface area is 125 Å². The Bertz CT molecular complexity index is 736. The number of nitrogens with two attached hydrogens (primary N) is 1. The van der Waals surface area contributed by atoms with Gasteiger partial charge in [0.25, 0.3) is 0 Å². The van der Waals surface area contributed by atoms with Crippen LogP contribution in [0.1, 0.15) is 18.1 Å². The Balaban J connectivity index is 1.77. The number of fused-ring (bicyclic) bond motifs is 1. The van der Waals surface area contributed by atoms with Crippen LogP contribution in [-0.4, -0.2) is 20.4 Å². The Kier molecular flexibility index (Phi) is 3.80. The molecule has 1 unspecified atom stereocenters. The van der Waals surface area contributed by atoms with Crippen LogP contribution in [0, 0.1) is 0 Å². The molecule has 0 saturated heterocycles. The van der Waals surface area contributed by atoms with Crippen LogP contribution in [0.15, 0.2) is 42.9 Å². The second-order valence-corrected chi connectivity index (χ2v) is 5.86. The molecule has 2 aromatic heterocycles. The van der Waals surface area contributed by atoms with Crippen molar-refractivity contribution in [2.75, 3.05) is 0 Å². The maximum absolute atomic E-state index is 5.87. The van der Waals surface area contributed by atoms with Gasteiger partial charge in [-0.15, -0.1) is 0 Å². The summed E-state index contributed by atoms with van der Waals surface area (Å²) in [5.74, 6) is 0. The summed E-state index contributed by atoms with van der Waals surface area (Å²) in [4.78, 5) is 0. The van der Waals surface area contributed by atoms with Gasteiger partial charge in [-0.25, -0.2) is 0 Å². The molecule has 3 aromatic rings. The molecule has 110 valence electrons. The molecule has 4 heteroatoms. The van der Waals surface area contributed by atoms with E-state index in [1.807, 2.05) is 24.9 Å². The molecule has 0 aliphatic heterocycles. The van der Waals surface area contributed by atoms with Gasteiger partial charge < -0.3 is 10.3 Å². The lowest BCUT2D eigenvalue weighted by Gasteiger charge is -2.07. The molecule has 0 amide bonds. The van der Waals surface area contributed by atoms with Crippen molar-refractivity contribution in [2.24, 2.45) is 12.8 Å². The predicted molar refractivity (Wildman–Crippen MR) is 86.2 cm³/mol. The number of aryl methyl sites for hydroxylation is 3. The molecule has 0 spiro atoms. The lowest BCUT2D eigenvalue weighted by Crippen LogP contribution is -2.17. The van der Waals surface area contributed by atoms with Crippen molar-refractivity contribution >= 4 is 10.9 Å². The molecule has 2 heterocycles. The third-order valence-corrected chi connectivity index (χ3v) is 3.79. The van der Waals surface area contributed by atoms with Crippen LogP contribution >= 0.6 is 0 Å². The van der Waals surface area contributed by atoms with Crippen LogP contribution < -0.4 is 5.73 Å². The lowest BCUT2D eigenvalue weighted by molar-refractivity contribution is 0.720. The first-order valence-electron chi connectivity index (χ1n) is 7.43. The summed E-state index contributed by atoms with van der Waals surface area (Å²) in [6, 6.07) is 9.03. The van der Waals surface area contributed by atoms with Crippen molar-refractivity contribution in [3.05, 3.63) is 54.0 Å². The zero-order chi connectivity index (χ0) is 14.8. The quantitative estimate of drug-likeness (QED) is 0.781. The molecule has 0 fully saturated rings. The van der Waals surface area contributed by atoms with Gasteiger partial charge in [0.1, 0.15) is 0 Å². The standard InChI is InChI=1S/C17H22N4/c1-13(18)9-14-3-4-17-16(10-14)6-8-21(17)7-5-15-11-19-20(2)12-15/h3-4,6,8,10-13H,5,7,9,18H2,1-2H3. The first-order chi connectivity index (χ1) is 10.1. The van der Waals surface area contributed by atoms with Gasteiger partial charge in [-0.2, -0.15) is 5.10 Å². The molecule has 1 atom stereocenters. The van der Waals surface area contributed by atoms with Gasteiger partial charge in [0.05, 0.1) is 6.20 Å². The number of nitrogens with zero attached hydrogens (tertiary/aromatic N) is 3. The van der Waals surface area contributed by atoms with Crippen molar-refractivity contribution in [1.82, 2.24) is 14.3 Å². The zero-order valence-electron chi connectivity index (χ0n) is 12.7. The fraction of sp³-hybridized carbons (Fsp3) is 0.353. The number of benzene rings is 1. The van der Waals surface area contributed by atoms with Crippen LogP contribution in [0.5, 0.6) is 0 Å². The Morgan fingerprint density at radius 2 is 2.10 bits per heavy atom. The third kappa shape index (κ3) is 3.16. The molecule has 0 radical (unpaired) electrons. The van der Waals surface area contributed by atoms with Crippen LogP contribution in [0.25, 0.3) is 10.9 Å². The summed E-state index contributed by atoms with van der Waals surface area (Å²) in [7, 11) is 1.95.